The Bertz CT molecular complexity index is 707. The van der Waals surface area contributed by atoms with Crippen molar-refractivity contribution >= 4 is 29.1 Å². The van der Waals surface area contributed by atoms with Crippen molar-refractivity contribution in [3.63, 3.8) is 0 Å². The molecule has 7 heteroatoms. The van der Waals surface area contributed by atoms with E-state index in [0.29, 0.717) is 31.8 Å². The van der Waals surface area contributed by atoms with Crippen LogP contribution in [0.4, 0.5) is 0 Å². The van der Waals surface area contributed by atoms with Crippen LogP contribution in [0.25, 0.3) is 0 Å². The molecule has 1 aromatic rings. The number of hydrogen-bond acceptors (Lipinski definition) is 4. The normalized spacial score (nSPS) is 24.9. The Balaban J connectivity index is 1.50. The van der Waals surface area contributed by atoms with Gasteiger partial charge in [-0.25, -0.2) is 4.79 Å². The maximum Gasteiger partial charge on any atom is 0.329 e. The summed E-state index contributed by atoms with van der Waals surface area (Å²) in [4.78, 5) is 39.8. The highest BCUT2D eigenvalue weighted by atomic mass is 32.1. The number of carboxylic acid groups (broad SMARTS) is 1. The highest BCUT2D eigenvalue weighted by molar-refractivity contribution is 7.10. The molecule has 0 unspecified atom stereocenters. The van der Waals surface area contributed by atoms with Gasteiger partial charge in [-0.05, 0) is 55.0 Å². The summed E-state index contributed by atoms with van der Waals surface area (Å²) >= 11 is 1.72. The average molecular weight is 393 g/mol. The summed E-state index contributed by atoms with van der Waals surface area (Å²) in [7, 11) is 0. The van der Waals surface area contributed by atoms with E-state index in [2.05, 4.69) is 18.3 Å². The number of thiophene rings is 1. The molecular weight excluding hydrogens is 364 g/mol. The van der Waals surface area contributed by atoms with Gasteiger partial charge in [-0.2, -0.15) is 0 Å². The Labute approximate surface area is 163 Å². The second kappa shape index (κ2) is 8.42. The van der Waals surface area contributed by atoms with Crippen LogP contribution in [0, 0.1) is 5.92 Å². The van der Waals surface area contributed by atoms with Gasteiger partial charge in [0.05, 0.1) is 0 Å². The summed E-state index contributed by atoms with van der Waals surface area (Å²) in [6.45, 7) is 3.41. The first-order valence-corrected chi connectivity index (χ1v) is 10.7. The van der Waals surface area contributed by atoms with Gasteiger partial charge in [0.2, 0.25) is 11.8 Å². The van der Waals surface area contributed by atoms with Gasteiger partial charge in [-0.3, -0.25) is 9.59 Å². The summed E-state index contributed by atoms with van der Waals surface area (Å²) in [6.07, 6.45) is 4.64. The summed E-state index contributed by atoms with van der Waals surface area (Å²) in [5.41, 5.74) is 0.0317. The van der Waals surface area contributed by atoms with Gasteiger partial charge in [0.15, 0.2) is 0 Å². The van der Waals surface area contributed by atoms with Gasteiger partial charge >= 0.3 is 5.97 Å². The van der Waals surface area contributed by atoms with Crippen molar-refractivity contribution in [1.29, 1.82) is 0 Å². The molecule has 0 atom stereocenters. The molecule has 2 aliphatic rings. The number of carboxylic acids is 1. The molecule has 1 saturated carbocycles. The molecule has 148 valence electrons. The lowest BCUT2D eigenvalue weighted by Gasteiger charge is -2.37. The quantitative estimate of drug-likeness (QED) is 0.779. The van der Waals surface area contributed by atoms with Crippen molar-refractivity contribution in [2.75, 3.05) is 6.54 Å². The standard InChI is InChI=1S/C20H28N2O4S/c1-2-14-5-9-20(10-6-14,19(25)26)21-17(23)3-4-18(24)22-11-7-16-15(13-22)8-12-27-16/h8,12,14H,2-7,9-11,13H2,1H3,(H,21,23)(H,25,26). The van der Waals surface area contributed by atoms with Gasteiger partial charge in [0.1, 0.15) is 5.54 Å². The van der Waals surface area contributed by atoms with Crippen LogP contribution in [0.3, 0.4) is 0 Å². The van der Waals surface area contributed by atoms with Gasteiger partial charge in [-0.1, -0.05) is 13.3 Å². The Hall–Kier alpha value is -1.89. The number of carbonyl (C=O) groups is 3. The summed E-state index contributed by atoms with van der Waals surface area (Å²) in [5.74, 6) is -0.801. The lowest BCUT2D eigenvalue weighted by molar-refractivity contribution is -0.149. The van der Waals surface area contributed by atoms with E-state index in [4.69, 9.17) is 0 Å². The number of rotatable bonds is 6. The predicted octanol–water partition coefficient (Wildman–Crippen LogP) is 2.95. The Morgan fingerprint density at radius 2 is 2.04 bits per heavy atom. The summed E-state index contributed by atoms with van der Waals surface area (Å²) in [5, 5.41) is 14.4. The zero-order valence-electron chi connectivity index (χ0n) is 15.8. The second-order valence-corrected chi connectivity index (χ2v) is 8.72. The van der Waals surface area contributed by atoms with E-state index in [1.165, 1.54) is 10.4 Å². The Morgan fingerprint density at radius 3 is 2.70 bits per heavy atom. The second-order valence-electron chi connectivity index (χ2n) is 7.72. The first-order valence-electron chi connectivity index (χ1n) is 9.81. The zero-order chi connectivity index (χ0) is 19.4. The average Bonchev–Trinajstić information content (AvgIpc) is 3.14. The van der Waals surface area contributed by atoms with Crippen LogP contribution >= 0.6 is 11.3 Å². The van der Waals surface area contributed by atoms with Gasteiger partial charge in [0, 0.05) is 30.8 Å². The molecule has 0 aromatic carbocycles. The summed E-state index contributed by atoms with van der Waals surface area (Å²) < 4.78 is 0. The van der Waals surface area contributed by atoms with Gasteiger partial charge in [0.25, 0.3) is 0 Å². The largest absolute Gasteiger partial charge is 0.480 e. The van der Waals surface area contributed by atoms with E-state index in [1.807, 2.05) is 5.38 Å². The number of carbonyl (C=O) groups excluding carboxylic acids is 2. The molecule has 3 rings (SSSR count). The number of fused-ring (bicyclic) bond motifs is 1. The van der Waals surface area contributed by atoms with Gasteiger partial charge < -0.3 is 15.3 Å². The minimum atomic E-state index is -1.16. The van der Waals surface area contributed by atoms with Crippen LogP contribution in [-0.2, 0) is 27.3 Å². The lowest BCUT2D eigenvalue weighted by atomic mass is 9.75. The smallest absolute Gasteiger partial charge is 0.329 e. The third kappa shape index (κ3) is 4.51. The molecule has 0 bridgehead atoms. The van der Waals surface area contributed by atoms with Crippen LogP contribution in [0.1, 0.15) is 62.3 Å². The van der Waals surface area contributed by atoms with Crippen molar-refractivity contribution < 1.29 is 19.5 Å². The van der Waals surface area contributed by atoms with Gasteiger partial charge in [-0.15, -0.1) is 11.3 Å². The fraction of sp³-hybridized carbons (Fsp3) is 0.650. The van der Waals surface area contributed by atoms with E-state index < -0.39 is 11.5 Å². The molecule has 2 N–H and O–H groups in total. The van der Waals surface area contributed by atoms with E-state index in [-0.39, 0.29) is 24.7 Å². The molecule has 0 spiro atoms. The fourth-order valence-electron chi connectivity index (χ4n) is 4.14. The first-order chi connectivity index (χ1) is 12.9. The minimum Gasteiger partial charge on any atom is -0.480 e. The Morgan fingerprint density at radius 1 is 1.30 bits per heavy atom. The molecule has 1 aliphatic heterocycles. The van der Waals surface area contributed by atoms with Crippen LogP contribution < -0.4 is 5.32 Å². The fourth-order valence-corrected chi connectivity index (χ4v) is 5.03. The first kappa shape index (κ1) is 19.9. The van der Waals surface area contributed by atoms with E-state index in [9.17, 15) is 19.5 Å². The van der Waals surface area contributed by atoms with Crippen molar-refractivity contribution in [2.24, 2.45) is 5.92 Å². The van der Waals surface area contributed by atoms with Crippen LogP contribution in [-0.4, -0.2) is 39.9 Å². The van der Waals surface area contributed by atoms with Crippen LogP contribution in [0.5, 0.6) is 0 Å². The van der Waals surface area contributed by atoms with E-state index in [0.717, 1.165) is 25.7 Å². The minimum absolute atomic E-state index is 0.0397. The van der Waals surface area contributed by atoms with Crippen LogP contribution in [0.2, 0.25) is 0 Å². The number of nitrogens with one attached hydrogen (secondary N) is 1. The van der Waals surface area contributed by atoms with E-state index >= 15 is 0 Å². The zero-order valence-corrected chi connectivity index (χ0v) is 16.6. The number of amides is 2. The molecule has 1 aromatic heterocycles. The summed E-state index contributed by atoms with van der Waals surface area (Å²) in [6, 6.07) is 2.05. The third-order valence-electron chi connectivity index (χ3n) is 6.05. The third-order valence-corrected chi connectivity index (χ3v) is 7.07. The SMILES string of the molecule is CCC1CCC(NC(=O)CCC(=O)N2CCc3sccc3C2)(C(=O)O)CC1. The maximum absolute atomic E-state index is 12.5. The van der Waals surface area contributed by atoms with Crippen molar-refractivity contribution in [3.05, 3.63) is 21.9 Å². The number of hydrogen-bond donors (Lipinski definition) is 2. The van der Waals surface area contributed by atoms with Crippen molar-refractivity contribution in [1.82, 2.24) is 10.2 Å². The predicted molar refractivity (Wildman–Crippen MR) is 103 cm³/mol. The van der Waals surface area contributed by atoms with Crippen LogP contribution in [0.15, 0.2) is 11.4 Å². The number of nitrogens with zero attached hydrogens (tertiary/aromatic N) is 1. The highest BCUT2D eigenvalue weighted by Gasteiger charge is 2.42. The number of aliphatic carboxylic acids is 1. The molecule has 6 nitrogen and oxygen atoms in total. The molecular formula is C20H28N2O4S. The maximum atomic E-state index is 12.5. The van der Waals surface area contributed by atoms with Crippen molar-refractivity contribution in [3.8, 4) is 0 Å². The molecule has 1 fully saturated rings. The molecule has 2 heterocycles. The highest BCUT2D eigenvalue weighted by Crippen LogP contribution is 2.34. The molecule has 2 amide bonds. The monoisotopic (exact) mass is 392 g/mol. The van der Waals surface area contributed by atoms with E-state index in [1.54, 1.807) is 16.2 Å². The molecule has 27 heavy (non-hydrogen) atoms. The van der Waals surface area contributed by atoms with Crippen molar-refractivity contribution in [2.45, 2.75) is 70.4 Å². The molecule has 1 aliphatic carbocycles. The molecule has 0 radical (unpaired) electrons. The topological polar surface area (TPSA) is 86.7 Å². The lowest BCUT2D eigenvalue weighted by Crippen LogP contribution is -2.56. The molecule has 0 saturated heterocycles. The Kier molecular flexibility index (Phi) is 6.19.